The minimum Gasteiger partial charge on any atom is -0.378 e. The number of anilines is 1. The number of nitriles is 1. The molecule has 2 heterocycles. The highest BCUT2D eigenvalue weighted by Crippen LogP contribution is 2.32. The second kappa shape index (κ2) is 6.29. The molecular formula is C14H12F3N5O2. The molecule has 0 aliphatic rings. The van der Waals surface area contributed by atoms with Crippen molar-refractivity contribution in [1.82, 2.24) is 14.8 Å². The molecule has 0 radical (unpaired) electrons. The van der Waals surface area contributed by atoms with Gasteiger partial charge in [-0.25, -0.2) is 4.98 Å². The van der Waals surface area contributed by atoms with E-state index >= 15 is 0 Å². The van der Waals surface area contributed by atoms with E-state index in [-0.39, 0.29) is 12.2 Å². The molecule has 0 fully saturated rings. The molecule has 2 N–H and O–H groups in total. The lowest BCUT2D eigenvalue weighted by molar-refractivity contribution is -0.138. The van der Waals surface area contributed by atoms with Crippen molar-refractivity contribution in [2.45, 2.75) is 25.2 Å². The zero-order chi connectivity index (χ0) is 18.0. The van der Waals surface area contributed by atoms with Crippen LogP contribution in [0.15, 0.2) is 30.7 Å². The highest BCUT2D eigenvalue weighted by molar-refractivity contribution is 5.96. The molecule has 0 spiro atoms. The molecule has 10 heteroatoms. The Morgan fingerprint density at radius 3 is 2.75 bits per heavy atom. The van der Waals surface area contributed by atoms with E-state index in [1.807, 2.05) is 0 Å². The fraction of sp³-hybridized carbons (Fsp3) is 0.286. The maximum absolute atomic E-state index is 12.9. The molecule has 1 atom stereocenters. The summed E-state index contributed by atoms with van der Waals surface area (Å²) in [7, 11) is 0. The molecular weight excluding hydrogens is 327 g/mol. The Morgan fingerprint density at radius 2 is 2.21 bits per heavy atom. The molecule has 0 saturated heterocycles. The van der Waals surface area contributed by atoms with E-state index in [2.05, 4.69) is 15.4 Å². The second-order valence-electron chi connectivity index (χ2n) is 5.16. The van der Waals surface area contributed by atoms with Crippen LogP contribution in [0.4, 0.5) is 18.9 Å². The van der Waals surface area contributed by atoms with Crippen molar-refractivity contribution in [2.24, 2.45) is 0 Å². The highest BCUT2D eigenvalue weighted by atomic mass is 19.4. The number of hydrogen-bond acceptors (Lipinski definition) is 5. The first-order valence-corrected chi connectivity index (χ1v) is 6.62. The number of amides is 1. The first kappa shape index (κ1) is 17.4. The van der Waals surface area contributed by atoms with Gasteiger partial charge in [-0.05, 0) is 19.1 Å². The molecule has 0 saturated carbocycles. The van der Waals surface area contributed by atoms with Gasteiger partial charge in [-0.2, -0.15) is 23.5 Å². The van der Waals surface area contributed by atoms with E-state index in [0.717, 1.165) is 6.20 Å². The summed E-state index contributed by atoms with van der Waals surface area (Å²) in [5, 5.41) is 24.9. The van der Waals surface area contributed by atoms with Gasteiger partial charge in [0.2, 0.25) is 0 Å². The average molecular weight is 339 g/mol. The number of nitrogens with zero attached hydrogens (tertiary/aromatic N) is 4. The zero-order valence-corrected chi connectivity index (χ0v) is 12.4. The molecule has 126 valence electrons. The van der Waals surface area contributed by atoms with Crippen molar-refractivity contribution >= 4 is 11.6 Å². The van der Waals surface area contributed by atoms with Gasteiger partial charge in [-0.15, -0.1) is 0 Å². The van der Waals surface area contributed by atoms with Crippen LogP contribution in [0.2, 0.25) is 0 Å². The summed E-state index contributed by atoms with van der Waals surface area (Å²) in [6.45, 7) is 1.01. The molecule has 0 bridgehead atoms. The summed E-state index contributed by atoms with van der Waals surface area (Å²) in [5.74, 6) is -0.933. The summed E-state index contributed by atoms with van der Waals surface area (Å²) in [6.07, 6.45) is -0.910. The van der Waals surface area contributed by atoms with Crippen LogP contribution in [0.5, 0.6) is 0 Å². The minimum atomic E-state index is -4.80. The predicted molar refractivity (Wildman–Crippen MR) is 75.4 cm³/mol. The van der Waals surface area contributed by atoms with Crippen molar-refractivity contribution in [3.8, 4) is 6.07 Å². The molecule has 7 nitrogen and oxygen atoms in total. The van der Waals surface area contributed by atoms with Crippen LogP contribution in [0.1, 0.15) is 18.2 Å². The second-order valence-corrected chi connectivity index (χ2v) is 5.16. The number of hydrogen-bond donors (Lipinski definition) is 2. The highest BCUT2D eigenvalue weighted by Gasteiger charge is 2.36. The Bertz CT molecular complexity index is 779. The minimum absolute atomic E-state index is 0.193. The van der Waals surface area contributed by atoms with Crippen LogP contribution in [-0.4, -0.2) is 31.4 Å². The van der Waals surface area contributed by atoms with E-state index in [1.165, 1.54) is 30.1 Å². The lowest BCUT2D eigenvalue weighted by atomic mass is 10.1. The molecule has 0 aliphatic carbocycles. The Balaban J connectivity index is 2.21. The summed E-state index contributed by atoms with van der Waals surface area (Å²) in [6, 6.07) is 3.52. The molecule has 2 rings (SSSR count). The standard InChI is InChI=1S/C14H12F3N5O2/c1-13(24,8-22-4-2-3-20-22)12(23)21-9-5-10(14(15,16)17)11(6-18)19-7-9/h2-5,7,24H,8H2,1H3,(H,21,23). The number of alkyl halides is 3. The van der Waals surface area contributed by atoms with Gasteiger partial charge in [0.1, 0.15) is 6.07 Å². The Hall–Kier alpha value is -2.93. The van der Waals surface area contributed by atoms with Crippen molar-refractivity contribution in [3.63, 3.8) is 0 Å². The average Bonchev–Trinajstić information content (AvgIpc) is 2.98. The predicted octanol–water partition coefficient (Wildman–Crippen LogP) is 1.56. The maximum atomic E-state index is 12.9. The van der Waals surface area contributed by atoms with Gasteiger partial charge >= 0.3 is 6.18 Å². The van der Waals surface area contributed by atoms with Crippen LogP contribution in [0, 0.1) is 11.3 Å². The van der Waals surface area contributed by atoms with Gasteiger partial charge in [0.25, 0.3) is 5.91 Å². The van der Waals surface area contributed by atoms with Crippen molar-refractivity contribution in [2.75, 3.05) is 5.32 Å². The first-order chi connectivity index (χ1) is 11.1. The van der Waals surface area contributed by atoms with Crippen LogP contribution < -0.4 is 5.32 Å². The van der Waals surface area contributed by atoms with Gasteiger partial charge in [-0.3, -0.25) is 9.48 Å². The molecule has 2 aromatic rings. The first-order valence-electron chi connectivity index (χ1n) is 6.62. The number of nitrogens with one attached hydrogen (secondary N) is 1. The summed E-state index contributed by atoms with van der Waals surface area (Å²) < 4.78 is 39.9. The Morgan fingerprint density at radius 1 is 1.50 bits per heavy atom. The van der Waals surface area contributed by atoms with Crippen LogP contribution in [0.25, 0.3) is 0 Å². The van der Waals surface area contributed by atoms with Gasteiger partial charge in [0, 0.05) is 12.4 Å². The lowest BCUT2D eigenvalue weighted by Gasteiger charge is -2.22. The number of rotatable bonds is 4. The SMILES string of the molecule is CC(O)(Cn1cccn1)C(=O)Nc1cnc(C#N)c(C(F)(F)F)c1. The van der Waals surface area contributed by atoms with Gasteiger partial charge in [0.05, 0.1) is 24.0 Å². The number of aromatic nitrogens is 3. The van der Waals surface area contributed by atoms with E-state index in [1.54, 1.807) is 6.07 Å². The summed E-state index contributed by atoms with van der Waals surface area (Å²) in [4.78, 5) is 15.5. The molecule has 0 aliphatic heterocycles. The number of halogens is 3. The number of pyridine rings is 1. The third-order valence-electron chi connectivity index (χ3n) is 3.08. The zero-order valence-electron chi connectivity index (χ0n) is 12.4. The van der Waals surface area contributed by atoms with Gasteiger partial charge < -0.3 is 10.4 Å². The number of carbonyl (C=O) groups excluding carboxylic acids is 1. The molecule has 24 heavy (non-hydrogen) atoms. The largest absolute Gasteiger partial charge is 0.419 e. The monoisotopic (exact) mass is 339 g/mol. The smallest absolute Gasteiger partial charge is 0.378 e. The third-order valence-corrected chi connectivity index (χ3v) is 3.08. The number of carbonyl (C=O) groups is 1. The molecule has 1 amide bonds. The van der Waals surface area contributed by atoms with Crippen LogP contribution in [-0.2, 0) is 17.5 Å². The van der Waals surface area contributed by atoms with Gasteiger partial charge in [-0.1, -0.05) is 0 Å². The maximum Gasteiger partial charge on any atom is 0.419 e. The lowest BCUT2D eigenvalue weighted by Crippen LogP contribution is -2.43. The Kier molecular flexibility index (Phi) is 4.57. The fourth-order valence-electron chi connectivity index (χ4n) is 1.89. The van der Waals surface area contributed by atoms with E-state index in [4.69, 9.17) is 5.26 Å². The number of aliphatic hydroxyl groups is 1. The molecule has 1 unspecified atom stereocenters. The van der Waals surface area contributed by atoms with Crippen molar-refractivity contribution in [1.29, 1.82) is 5.26 Å². The summed E-state index contributed by atoms with van der Waals surface area (Å²) >= 11 is 0. The van der Waals surface area contributed by atoms with Crippen molar-refractivity contribution < 1.29 is 23.1 Å². The molecule has 0 aromatic carbocycles. The summed E-state index contributed by atoms with van der Waals surface area (Å²) in [5.41, 5.74) is -4.27. The van der Waals surface area contributed by atoms with E-state index < -0.39 is 28.9 Å². The third kappa shape index (κ3) is 3.88. The Labute approximate surface area is 134 Å². The van der Waals surface area contributed by atoms with E-state index in [9.17, 15) is 23.1 Å². The molecule has 2 aromatic heterocycles. The van der Waals surface area contributed by atoms with Crippen LogP contribution >= 0.6 is 0 Å². The normalized spacial score (nSPS) is 13.8. The van der Waals surface area contributed by atoms with Crippen molar-refractivity contribution in [3.05, 3.63) is 42.0 Å². The van der Waals surface area contributed by atoms with Crippen LogP contribution in [0.3, 0.4) is 0 Å². The quantitative estimate of drug-likeness (QED) is 0.880. The van der Waals surface area contributed by atoms with E-state index in [0.29, 0.717) is 6.07 Å². The fourth-order valence-corrected chi connectivity index (χ4v) is 1.89. The topological polar surface area (TPSA) is 104 Å². The van der Waals surface area contributed by atoms with Gasteiger partial charge in [0.15, 0.2) is 11.3 Å².